The highest BCUT2D eigenvalue weighted by atomic mass is 16.1. The van der Waals surface area contributed by atoms with Crippen LogP contribution in [-0.2, 0) is 11.3 Å². The summed E-state index contributed by atoms with van der Waals surface area (Å²) in [4.78, 5) is 14.4. The Labute approximate surface area is 86.2 Å². The van der Waals surface area contributed by atoms with E-state index in [1.54, 1.807) is 23.1 Å². The van der Waals surface area contributed by atoms with Crippen molar-refractivity contribution >= 4 is 22.9 Å². The molecule has 2 aromatic heterocycles. The SMILES string of the molecule is C=C(N)c1nn(CC=O)c2cnccc12. The first-order chi connectivity index (χ1) is 7.24. The monoisotopic (exact) mass is 202 g/mol. The van der Waals surface area contributed by atoms with Gasteiger partial charge in [-0.1, -0.05) is 6.58 Å². The summed E-state index contributed by atoms with van der Waals surface area (Å²) in [5, 5.41) is 5.06. The maximum absolute atomic E-state index is 10.5. The molecule has 2 aromatic rings. The van der Waals surface area contributed by atoms with E-state index in [0.29, 0.717) is 11.4 Å². The van der Waals surface area contributed by atoms with Crippen LogP contribution in [0.1, 0.15) is 5.69 Å². The number of hydrogen-bond acceptors (Lipinski definition) is 4. The summed E-state index contributed by atoms with van der Waals surface area (Å²) in [6, 6.07) is 1.80. The van der Waals surface area contributed by atoms with Gasteiger partial charge in [-0.2, -0.15) is 5.10 Å². The van der Waals surface area contributed by atoms with Gasteiger partial charge in [0.15, 0.2) is 0 Å². The van der Waals surface area contributed by atoms with Gasteiger partial charge in [0.25, 0.3) is 0 Å². The third-order valence-corrected chi connectivity index (χ3v) is 2.11. The Hall–Kier alpha value is -2.17. The molecule has 2 rings (SSSR count). The van der Waals surface area contributed by atoms with Crippen LogP contribution in [-0.4, -0.2) is 21.1 Å². The van der Waals surface area contributed by atoms with Crippen molar-refractivity contribution < 1.29 is 4.79 Å². The van der Waals surface area contributed by atoms with Gasteiger partial charge >= 0.3 is 0 Å². The molecule has 15 heavy (non-hydrogen) atoms. The molecule has 5 heteroatoms. The van der Waals surface area contributed by atoms with Crippen molar-refractivity contribution in [2.24, 2.45) is 5.73 Å². The van der Waals surface area contributed by atoms with Crippen LogP contribution in [0.4, 0.5) is 0 Å². The number of aromatic nitrogens is 3. The van der Waals surface area contributed by atoms with Crippen LogP contribution < -0.4 is 5.73 Å². The van der Waals surface area contributed by atoms with Crippen LogP contribution in [0.15, 0.2) is 25.0 Å². The molecule has 0 aliphatic carbocycles. The van der Waals surface area contributed by atoms with Gasteiger partial charge in [0.2, 0.25) is 0 Å². The minimum absolute atomic E-state index is 0.190. The van der Waals surface area contributed by atoms with Crippen molar-refractivity contribution in [2.75, 3.05) is 0 Å². The second-order valence-electron chi connectivity index (χ2n) is 3.12. The third-order valence-electron chi connectivity index (χ3n) is 2.11. The first-order valence-corrected chi connectivity index (χ1v) is 4.43. The molecular weight excluding hydrogens is 192 g/mol. The van der Waals surface area contributed by atoms with Crippen LogP contribution in [0.25, 0.3) is 16.6 Å². The Morgan fingerprint density at radius 1 is 1.67 bits per heavy atom. The van der Waals surface area contributed by atoms with Crippen LogP contribution >= 0.6 is 0 Å². The Kier molecular flexibility index (Phi) is 2.21. The first kappa shape index (κ1) is 9.39. The molecule has 0 aliphatic rings. The Bertz CT molecular complexity index is 529. The normalized spacial score (nSPS) is 10.4. The standard InChI is InChI=1S/C10H10N4O/c1-7(11)10-8-2-3-12-6-9(8)14(13-10)4-5-15/h2-3,5-6H,1,4,11H2. The van der Waals surface area contributed by atoms with E-state index in [2.05, 4.69) is 16.7 Å². The highest BCUT2D eigenvalue weighted by Gasteiger charge is 2.10. The lowest BCUT2D eigenvalue weighted by molar-refractivity contribution is -0.108. The Morgan fingerprint density at radius 2 is 2.47 bits per heavy atom. The molecule has 0 atom stereocenters. The second kappa shape index (κ2) is 3.53. The van der Waals surface area contributed by atoms with Gasteiger partial charge in [0.05, 0.1) is 24.0 Å². The highest BCUT2D eigenvalue weighted by Crippen LogP contribution is 2.19. The van der Waals surface area contributed by atoms with Gasteiger partial charge in [-0.25, -0.2) is 0 Å². The van der Waals surface area contributed by atoms with Crippen LogP contribution in [0.2, 0.25) is 0 Å². The van der Waals surface area contributed by atoms with Crippen molar-refractivity contribution in [3.63, 3.8) is 0 Å². The molecule has 76 valence electrons. The predicted molar refractivity (Wildman–Crippen MR) is 56.8 cm³/mol. The lowest BCUT2D eigenvalue weighted by atomic mass is 10.2. The minimum Gasteiger partial charge on any atom is -0.397 e. The maximum Gasteiger partial charge on any atom is 0.141 e. The lowest BCUT2D eigenvalue weighted by Crippen LogP contribution is -2.02. The molecule has 0 bridgehead atoms. The van der Waals surface area contributed by atoms with Gasteiger partial charge in [0.1, 0.15) is 12.0 Å². The second-order valence-corrected chi connectivity index (χ2v) is 3.12. The van der Waals surface area contributed by atoms with E-state index < -0.39 is 0 Å². The zero-order valence-corrected chi connectivity index (χ0v) is 8.05. The lowest BCUT2D eigenvalue weighted by Gasteiger charge is -1.94. The van der Waals surface area contributed by atoms with E-state index in [1.807, 2.05) is 0 Å². The quantitative estimate of drug-likeness (QED) is 0.738. The third kappa shape index (κ3) is 1.48. The largest absolute Gasteiger partial charge is 0.397 e. The van der Waals surface area contributed by atoms with E-state index in [9.17, 15) is 4.79 Å². The molecular formula is C10H10N4O. The maximum atomic E-state index is 10.5. The number of rotatable bonds is 3. The molecule has 0 aliphatic heterocycles. The molecule has 0 saturated carbocycles. The topological polar surface area (TPSA) is 73.8 Å². The fourth-order valence-electron chi connectivity index (χ4n) is 1.47. The summed E-state index contributed by atoms with van der Waals surface area (Å²) in [7, 11) is 0. The number of carbonyl (C=O) groups is 1. The van der Waals surface area contributed by atoms with Crippen molar-refractivity contribution in [3.8, 4) is 0 Å². The van der Waals surface area contributed by atoms with Gasteiger partial charge in [-0.05, 0) is 6.07 Å². The van der Waals surface area contributed by atoms with Gasteiger partial charge < -0.3 is 10.5 Å². The fraction of sp³-hybridized carbons (Fsp3) is 0.100. The number of fused-ring (bicyclic) bond motifs is 1. The first-order valence-electron chi connectivity index (χ1n) is 4.43. The summed E-state index contributed by atoms with van der Waals surface area (Å²) in [5.41, 5.74) is 7.38. The number of carbonyl (C=O) groups excluding carboxylic acids is 1. The molecule has 2 N–H and O–H groups in total. The summed E-state index contributed by atoms with van der Waals surface area (Å²) >= 11 is 0. The molecule has 0 fully saturated rings. The smallest absolute Gasteiger partial charge is 0.141 e. The Balaban J connectivity index is 2.72. The Morgan fingerprint density at radius 3 is 3.13 bits per heavy atom. The van der Waals surface area contributed by atoms with E-state index in [1.165, 1.54) is 0 Å². The van der Waals surface area contributed by atoms with E-state index in [4.69, 9.17) is 5.73 Å². The molecule has 0 amide bonds. The predicted octanol–water partition coefficient (Wildman–Crippen LogP) is 0.560. The number of pyridine rings is 1. The van der Waals surface area contributed by atoms with Gasteiger partial charge in [-0.3, -0.25) is 9.67 Å². The summed E-state index contributed by atoms with van der Waals surface area (Å²) < 4.78 is 1.56. The molecule has 0 aromatic carbocycles. The van der Waals surface area contributed by atoms with Crippen LogP contribution in [0.3, 0.4) is 0 Å². The van der Waals surface area contributed by atoms with E-state index in [-0.39, 0.29) is 6.54 Å². The van der Waals surface area contributed by atoms with E-state index in [0.717, 1.165) is 17.2 Å². The van der Waals surface area contributed by atoms with Crippen molar-refractivity contribution in [3.05, 3.63) is 30.7 Å². The fourth-order valence-corrected chi connectivity index (χ4v) is 1.47. The zero-order valence-electron chi connectivity index (χ0n) is 8.05. The number of nitrogens with two attached hydrogens (primary N) is 1. The molecule has 0 saturated heterocycles. The highest BCUT2D eigenvalue weighted by molar-refractivity contribution is 5.89. The summed E-state index contributed by atoms with van der Waals surface area (Å²) in [6.07, 6.45) is 4.09. The molecule has 2 heterocycles. The number of aldehydes is 1. The van der Waals surface area contributed by atoms with E-state index >= 15 is 0 Å². The van der Waals surface area contributed by atoms with Gasteiger partial charge in [0, 0.05) is 11.6 Å². The zero-order chi connectivity index (χ0) is 10.8. The average Bonchev–Trinajstić information content (AvgIpc) is 2.59. The van der Waals surface area contributed by atoms with Crippen LogP contribution in [0.5, 0.6) is 0 Å². The number of nitrogens with zero attached hydrogens (tertiary/aromatic N) is 3. The molecule has 0 spiro atoms. The van der Waals surface area contributed by atoms with Crippen molar-refractivity contribution in [1.82, 2.24) is 14.8 Å². The summed E-state index contributed by atoms with van der Waals surface area (Å²) in [6.45, 7) is 3.83. The van der Waals surface area contributed by atoms with Gasteiger partial charge in [-0.15, -0.1) is 0 Å². The molecule has 0 radical (unpaired) electrons. The minimum atomic E-state index is 0.190. The number of hydrogen-bond donors (Lipinski definition) is 1. The van der Waals surface area contributed by atoms with Crippen LogP contribution in [0, 0.1) is 0 Å². The summed E-state index contributed by atoms with van der Waals surface area (Å²) in [5.74, 6) is 0. The van der Waals surface area contributed by atoms with Crippen molar-refractivity contribution in [1.29, 1.82) is 0 Å². The molecule has 0 unspecified atom stereocenters. The van der Waals surface area contributed by atoms with Crippen molar-refractivity contribution in [2.45, 2.75) is 6.54 Å². The molecule has 5 nitrogen and oxygen atoms in total. The average molecular weight is 202 g/mol.